The van der Waals surface area contributed by atoms with Crippen LogP contribution < -0.4 is 21.1 Å². The molecule has 2 atom stereocenters. The lowest BCUT2D eigenvalue weighted by Gasteiger charge is -2.15. The summed E-state index contributed by atoms with van der Waals surface area (Å²) in [7, 11) is -4.03. The first-order valence-corrected chi connectivity index (χ1v) is 11.6. The minimum Gasteiger partial charge on any atom is -0.354 e. The lowest BCUT2D eigenvalue weighted by molar-refractivity contribution is -0.133. The van der Waals surface area contributed by atoms with Gasteiger partial charge in [-0.1, -0.05) is 12.1 Å². The average Bonchev–Trinajstić information content (AvgIpc) is 3.41. The van der Waals surface area contributed by atoms with E-state index in [0.29, 0.717) is 30.6 Å². The lowest BCUT2D eigenvalue weighted by Crippen LogP contribution is -2.34. The van der Waals surface area contributed by atoms with Gasteiger partial charge >= 0.3 is 6.03 Å². The highest BCUT2D eigenvalue weighted by molar-refractivity contribution is 7.89. The van der Waals surface area contributed by atoms with Crippen molar-refractivity contribution < 1.29 is 22.7 Å². The summed E-state index contributed by atoms with van der Waals surface area (Å²) in [6.45, 7) is 2.35. The number of carbonyl (C=O) groups is 2. The van der Waals surface area contributed by atoms with Gasteiger partial charge in [0.05, 0.1) is 12.0 Å². The fraction of sp³-hybridized carbons (Fsp3) is 0.316. The number of rotatable bonds is 6. The second-order valence-corrected chi connectivity index (χ2v) is 8.75. The summed E-state index contributed by atoms with van der Waals surface area (Å²) in [4.78, 5) is 36.9. The van der Waals surface area contributed by atoms with Gasteiger partial charge in [-0.05, 0) is 31.9 Å². The number of nitrogens with one attached hydrogen (secondary N) is 3. The Morgan fingerprint density at radius 3 is 2.73 bits per heavy atom. The number of para-hydroxylation sites is 1. The average molecular weight is 475 g/mol. The van der Waals surface area contributed by atoms with E-state index in [1.54, 1.807) is 10.6 Å². The first-order chi connectivity index (χ1) is 15.8. The number of imidazole rings is 1. The van der Waals surface area contributed by atoms with Gasteiger partial charge in [0, 0.05) is 6.54 Å². The maximum Gasteiger partial charge on any atom is 0.324 e. The maximum absolute atomic E-state index is 12.5. The van der Waals surface area contributed by atoms with Crippen LogP contribution >= 0.6 is 0 Å². The highest BCUT2D eigenvalue weighted by Gasteiger charge is 2.32. The van der Waals surface area contributed by atoms with Crippen molar-refractivity contribution in [2.24, 2.45) is 5.14 Å². The second kappa shape index (κ2) is 9.09. The Morgan fingerprint density at radius 2 is 1.97 bits per heavy atom. The molecule has 0 spiro atoms. The van der Waals surface area contributed by atoms with Crippen LogP contribution in [0.3, 0.4) is 0 Å². The zero-order valence-electron chi connectivity index (χ0n) is 17.6. The van der Waals surface area contributed by atoms with E-state index in [1.807, 2.05) is 6.92 Å². The van der Waals surface area contributed by atoms with Crippen LogP contribution in [-0.2, 0) is 19.6 Å². The third kappa shape index (κ3) is 4.76. The Hall–Kier alpha value is -3.62. The Kier molecular flexibility index (Phi) is 6.22. The molecule has 13 nitrogen and oxygen atoms in total. The molecule has 0 aliphatic carbocycles. The summed E-state index contributed by atoms with van der Waals surface area (Å²) in [5.41, 5.74) is 0.730. The van der Waals surface area contributed by atoms with Crippen molar-refractivity contribution in [3.05, 3.63) is 36.9 Å². The van der Waals surface area contributed by atoms with E-state index in [9.17, 15) is 18.0 Å². The zero-order valence-corrected chi connectivity index (χ0v) is 18.4. The number of carbonyl (C=O) groups excluding carboxylic acids is 2. The molecule has 1 fully saturated rings. The number of ether oxygens (including phenoxy) is 1. The molecule has 0 unspecified atom stereocenters. The molecule has 3 heterocycles. The minimum atomic E-state index is -4.03. The number of sulfonamides is 1. The molecule has 1 aliphatic rings. The predicted octanol–water partition coefficient (Wildman–Crippen LogP) is 0.931. The molecule has 1 aliphatic heterocycles. The van der Waals surface area contributed by atoms with Crippen molar-refractivity contribution in [1.29, 1.82) is 0 Å². The van der Waals surface area contributed by atoms with Gasteiger partial charge in [0.2, 0.25) is 15.9 Å². The van der Waals surface area contributed by atoms with Gasteiger partial charge in [0.1, 0.15) is 23.6 Å². The van der Waals surface area contributed by atoms with Crippen molar-refractivity contribution in [3.8, 4) is 0 Å². The van der Waals surface area contributed by atoms with Gasteiger partial charge in [-0.15, -0.1) is 0 Å². The molecular formula is C19H22N8O5S. The number of anilines is 2. The number of hydrogen-bond acceptors (Lipinski definition) is 8. The van der Waals surface area contributed by atoms with Crippen LogP contribution in [-0.4, -0.2) is 52.5 Å². The lowest BCUT2D eigenvalue weighted by atomic mass is 10.2. The van der Waals surface area contributed by atoms with Crippen molar-refractivity contribution in [3.63, 3.8) is 0 Å². The fourth-order valence-electron chi connectivity index (χ4n) is 3.54. The monoisotopic (exact) mass is 474 g/mol. The molecule has 1 saturated heterocycles. The molecule has 14 heteroatoms. The molecule has 5 N–H and O–H groups in total. The summed E-state index contributed by atoms with van der Waals surface area (Å²) in [5, 5.41) is 12.9. The van der Waals surface area contributed by atoms with Crippen LogP contribution in [0.15, 0.2) is 41.8 Å². The molecule has 0 radical (unpaired) electrons. The highest BCUT2D eigenvalue weighted by Crippen LogP contribution is 2.31. The molecule has 2 aromatic heterocycles. The van der Waals surface area contributed by atoms with Crippen molar-refractivity contribution >= 4 is 44.6 Å². The Labute approximate surface area is 188 Å². The van der Waals surface area contributed by atoms with Gasteiger partial charge in [-0.25, -0.2) is 33.3 Å². The fourth-order valence-corrected chi connectivity index (χ4v) is 4.23. The number of aromatic nitrogens is 4. The molecule has 174 valence electrons. The number of nitrogens with two attached hydrogens (primary N) is 1. The predicted molar refractivity (Wildman–Crippen MR) is 118 cm³/mol. The molecule has 4 rings (SSSR count). The third-order valence-corrected chi connectivity index (χ3v) is 5.95. The molecule has 3 aromatic rings. The summed E-state index contributed by atoms with van der Waals surface area (Å²) < 4.78 is 31.0. The summed E-state index contributed by atoms with van der Waals surface area (Å²) in [5.74, 6) is -0.0551. The normalized spacial score (nSPS) is 18.2. The van der Waals surface area contributed by atoms with E-state index in [4.69, 9.17) is 9.88 Å². The van der Waals surface area contributed by atoms with Crippen LogP contribution in [0.25, 0.3) is 11.2 Å². The molecule has 0 saturated carbocycles. The molecule has 0 bridgehead atoms. The standard InChI is InChI=1S/C19H22N8O5S/c1-2-21-18(28)12-7-8-14(32-12)27-10-24-15-16(22-9-23-17(15)27)26-19(29)25-11-5-3-4-6-13(11)33(20,30)31/h3-6,9-10,12,14H,2,7-8H2,1H3,(H,21,28)(H2,20,30,31)(H2,22,23,25,26,29)/t12-,14+/m0/s1. The zero-order chi connectivity index (χ0) is 23.6. The molecular weight excluding hydrogens is 452 g/mol. The topological polar surface area (TPSA) is 183 Å². The quantitative estimate of drug-likeness (QED) is 0.406. The van der Waals surface area contributed by atoms with Crippen LogP contribution in [0, 0.1) is 0 Å². The van der Waals surface area contributed by atoms with Crippen LogP contribution in [0.1, 0.15) is 26.0 Å². The van der Waals surface area contributed by atoms with Crippen molar-refractivity contribution in [1.82, 2.24) is 24.8 Å². The van der Waals surface area contributed by atoms with Gasteiger partial charge in [-0.3, -0.25) is 14.7 Å². The van der Waals surface area contributed by atoms with E-state index in [0.717, 1.165) is 0 Å². The van der Waals surface area contributed by atoms with Gasteiger partial charge in [-0.2, -0.15) is 0 Å². The van der Waals surface area contributed by atoms with Gasteiger partial charge in [0.15, 0.2) is 17.0 Å². The van der Waals surface area contributed by atoms with E-state index in [1.165, 1.54) is 30.9 Å². The first-order valence-electron chi connectivity index (χ1n) is 10.1. The molecule has 33 heavy (non-hydrogen) atoms. The summed E-state index contributed by atoms with van der Waals surface area (Å²) in [6.07, 6.45) is 2.90. The number of hydrogen-bond donors (Lipinski definition) is 4. The number of primary sulfonamides is 1. The Bertz CT molecular complexity index is 1310. The highest BCUT2D eigenvalue weighted by atomic mass is 32.2. The van der Waals surface area contributed by atoms with E-state index >= 15 is 0 Å². The number of likely N-dealkylation sites (N-methyl/N-ethyl adjacent to an activating group) is 1. The van der Waals surface area contributed by atoms with Gasteiger partial charge in [0.25, 0.3) is 0 Å². The van der Waals surface area contributed by atoms with Gasteiger partial charge < -0.3 is 15.4 Å². The number of benzene rings is 1. The van der Waals surface area contributed by atoms with E-state index < -0.39 is 28.4 Å². The first kappa shape index (κ1) is 22.6. The summed E-state index contributed by atoms with van der Waals surface area (Å²) >= 11 is 0. The Balaban J connectivity index is 1.52. The second-order valence-electron chi connectivity index (χ2n) is 7.22. The molecule has 3 amide bonds. The van der Waals surface area contributed by atoms with E-state index in [2.05, 4.69) is 30.9 Å². The van der Waals surface area contributed by atoms with Crippen LogP contribution in [0.5, 0.6) is 0 Å². The smallest absolute Gasteiger partial charge is 0.324 e. The number of urea groups is 1. The Morgan fingerprint density at radius 1 is 1.18 bits per heavy atom. The number of fused-ring (bicyclic) bond motifs is 1. The number of amides is 3. The largest absolute Gasteiger partial charge is 0.354 e. The van der Waals surface area contributed by atoms with E-state index in [-0.39, 0.29) is 22.3 Å². The maximum atomic E-state index is 12.5. The molecule has 1 aromatic carbocycles. The van der Waals surface area contributed by atoms with Crippen molar-refractivity contribution in [2.45, 2.75) is 37.0 Å². The SMILES string of the molecule is CCNC(=O)[C@@H]1CC[C@H](n2cnc3c(NC(=O)Nc4ccccc4S(N)(=O)=O)ncnc32)O1. The van der Waals surface area contributed by atoms with Crippen molar-refractivity contribution in [2.75, 3.05) is 17.2 Å². The van der Waals surface area contributed by atoms with Crippen LogP contribution in [0.2, 0.25) is 0 Å². The minimum absolute atomic E-state index is 0.0177. The third-order valence-electron chi connectivity index (χ3n) is 4.98. The summed E-state index contributed by atoms with van der Waals surface area (Å²) in [6, 6.07) is 5.00. The number of nitrogens with zero attached hydrogens (tertiary/aromatic N) is 4. The van der Waals surface area contributed by atoms with Crippen LogP contribution in [0.4, 0.5) is 16.3 Å².